The van der Waals surface area contributed by atoms with Crippen molar-refractivity contribution in [2.45, 2.75) is 112 Å². The van der Waals surface area contributed by atoms with Crippen LogP contribution < -0.4 is 5.73 Å². The summed E-state index contributed by atoms with van der Waals surface area (Å²) in [5.41, 5.74) is 10.4. The third-order valence-electron chi connectivity index (χ3n) is 13.3. The second-order valence-electron chi connectivity index (χ2n) is 15.5. The number of allylic oxidation sites excluding steroid dienone is 2. The number of nitrogen functional groups attached to an aromatic ring is 1. The minimum absolute atomic E-state index is 0.0115. The van der Waals surface area contributed by atoms with Crippen LogP contribution >= 0.6 is 0 Å². The van der Waals surface area contributed by atoms with Gasteiger partial charge in [-0.25, -0.2) is 0 Å². The first-order chi connectivity index (χ1) is 16.6. The zero-order valence-corrected chi connectivity index (χ0v) is 23.6. The molecule has 0 radical (unpaired) electrons. The Kier molecular flexibility index (Phi) is 4.77. The van der Waals surface area contributed by atoms with Gasteiger partial charge in [-0.2, -0.15) is 5.10 Å². The number of aromatic amines is 1. The number of aromatic nitrogens is 2. The SMILES string of the molecule is CC1(C)CC[C@]2(C(=O)O)CC[C@]3(C)C(=CCC4[C@@]5(C)Cc6c(N)n[nH]c6C(C)(C)C5CC[C@]43C)C2C1. The molecule has 4 N–H and O–H groups in total. The van der Waals surface area contributed by atoms with Crippen molar-refractivity contribution in [3.63, 3.8) is 0 Å². The number of rotatable bonds is 1. The highest BCUT2D eigenvalue weighted by Crippen LogP contribution is 2.75. The second kappa shape index (κ2) is 6.99. The Balaban J connectivity index is 1.47. The standard InChI is InChI=1S/C31H47N3O2/c1-26(2)12-14-31(25(35)36)15-13-29(6)19(20(31)17-26)8-9-22-28(5)16-18-23(33-34-24(18)32)27(3,4)21(28)10-11-30(22,29)7/h8,20-22H,9-17H2,1-7H3,(H,35,36)(H3,32,33,34)/t20?,21?,22?,28-,29+,30+,31-/m0/s1. The lowest BCUT2D eigenvalue weighted by Gasteiger charge is -2.70. The number of carbonyl (C=O) groups is 1. The smallest absolute Gasteiger partial charge is 0.310 e. The number of anilines is 1. The molecule has 1 heterocycles. The van der Waals surface area contributed by atoms with Crippen molar-refractivity contribution in [3.8, 4) is 0 Å². The van der Waals surface area contributed by atoms with Crippen molar-refractivity contribution in [2.75, 3.05) is 5.73 Å². The first kappa shape index (κ1) is 24.6. The Morgan fingerprint density at radius 2 is 1.72 bits per heavy atom. The largest absolute Gasteiger partial charge is 0.481 e. The fourth-order valence-corrected chi connectivity index (χ4v) is 11.1. The lowest BCUT2D eigenvalue weighted by molar-refractivity contribution is -0.177. The van der Waals surface area contributed by atoms with Crippen LogP contribution in [0.5, 0.6) is 0 Å². The summed E-state index contributed by atoms with van der Waals surface area (Å²) in [5, 5.41) is 18.3. The monoisotopic (exact) mass is 493 g/mol. The third kappa shape index (κ3) is 2.73. The van der Waals surface area contributed by atoms with Crippen LogP contribution in [0.2, 0.25) is 0 Å². The fourth-order valence-electron chi connectivity index (χ4n) is 11.1. The Morgan fingerprint density at radius 1 is 1.03 bits per heavy atom. The summed E-state index contributed by atoms with van der Waals surface area (Å²) in [6.07, 6.45) is 11.7. The van der Waals surface area contributed by atoms with Gasteiger partial charge in [-0.05, 0) is 97.2 Å². The van der Waals surface area contributed by atoms with Crippen LogP contribution in [-0.2, 0) is 16.6 Å². The predicted octanol–water partition coefficient (Wildman–Crippen LogP) is 6.89. The minimum atomic E-state index is -0.571. The average Bonchev–Trinajstić information content (AvgIpc) is 3.14. The topological polar surface area (TPSA) is 92.0 Å². The van der Waals surface area contributed by atoms with Gasteiger partial charge in [0.25, 0.3) is 0 Å². The van der Waals surface area contributed by atoms with E-state index in [1.165, 1.54) is 29.7 Å². The molecule has 36 heavy (non-hydrogen) atoms. The maximum Gasteiger partial charge on any atom is 0.310 e. The van der Waals surface area contributed by atoms with Gasteiger partial charge >= 0.3 is 5.97 Å². The van der Waals surface area contributed by atoms with Crippen molar-refractivity contribution < 1.29 is 9.90 Å². The molecule has 0 amide bonds. The zero-order chi connectivity index (χ0) is 26.1. The van der Waals surface area contributed by atoms with Gasteiger partial charge in [-0.15, -0.1) is 0 Å². The molecule has 198 valence electrons. The van der Waals surface area contributed by atoms with Crippen LogP contribution in [-0.4, -0.2) is 21.3 Å². The number of hydrogen-bond donors (Lipinski definition) is 3. The number of hydrogen-bond acceptors (Lipinski definition) is 3. The molecule has 5 nitrogen and oxygen atoms in total. The number of H-pyrrole nitrogens is 1. The van der Waals surface area contributed by atoms with Crippen LogP contribution in [0.1, 0.15) is 111 Å². The van der Waals surface area contributed by atoms with Crippen molar-refractivity contribution >= 4 is 11.8 Å². The normalized spacial score (nSPS) is 46.3. The lowest BCUT2D eigenvalue weighted by Crippen LogP contribution is -2.64. The molecule has 0 spiro atoms. The molecular weight excluding hydrogens is 446 g/mol. The van der Waals surface area contributed by atoms with Crippen molar-refractivity contribution in [1.82, 2.24) is 10.2 Å². The number of nitrogens with two attached hydrogens (primary N) is 1. The number of nitrogens with zero attached hydrogens (tertiary/aromatic N) is 1. The van der Waals surface area contributed by atoms with Gasteiger partial charge in [-0.3, -0.25) is 9.89 Å². The van der Waals surface area contributed by atoms with Crippen molar-refractivity contribution in [1.29, 1.82) is 0 Å². The molecule has 5 aliphatic carbocycles. The first-order valence-electron chi connectivity index (χ1n) is 14.4. The Bertz CT molecular complexity index is 1160. The van der Waals surface area contributed by atoms with Gasteiger partial charge < -0.3 is 10.8 Å². The summed E-state index contributed by atoms with van der Waals surface area (Å²) in [6.45, 7) is 17.1. The van der Waals surface area contributed by atoms with E-state index >= 15 is 0 Å². The quantitative estimate of drug-likeness (QED) is 0.371. The summed E-state index contributed by atoms with van der Waals surface area (Å²) >= 11 is 0. The molecule has 6 rings (SSSR count). The highest BCUT2D eigenvalue weighted by Gasteiger charge is 2.69. The van der Waals surface area contributed by atoms with Gasteiger partial charge in [0, 0.05) is 16.7 Å². The number of carboxylic acids is 1. The Morgan fingerprint density at radius 3 is 2.42 bits per heavy atom. The molecule has 3 unspecified atom stereocenters. The number of fused-ring (bicyclic) bond motifs is 8. The van der Waals surface area contributed by atoms with Crippen molar-refractivity contribution in [2.24, 2.45) is 44.8 Å². The molecule has 0 bridgehead atoms. The van der Waals surface area contributed by atoms with Gasteiger partial charge in [0.15, 0.2) is 0 Å². The molecule has 5 aliphatic rings. The second-order valence-corrected chi connectivity index (χ2v) is 15.5. The van der Waals surface area contributed by atoms with Crippen molar-refractivity contribution in [3.05, 3.63) is 22.9 Å². The van der Waals surface area contributed by atoms with Gasteiger partial charge in [0.2, 0.25) is 0 Å². The van der Waals surface area contributed by atoms with E-state index in [9.17, 15) is 9.90 Å². The predicted molar refractivity (Wildman–Crippen MR) is 143 cm³/mol. The molecular formula is C31H47N3O2. The van der Waals surface area contributed by atoms with Crippen LogP contribution in [0.3, 0.4) is 0 Å². The van der Waals surface area contributed by atoms with Gasteiger partial charge in [0.05, 0.1) is 5.41 Å². The molecule has 7 atom stereocenters. The summed E-state index contributed by atoms with van der Waals surface area (Å²) < 4.78 is 0. The molecule has 5 heteroatoms. The van der Waals surface area contributed by atoms with Crippen LogP contribution in [0.25, 0.3) is 0 Å². The summed E-state index contributed by atoms with van der Waals surface area (Å²) in [5.74, 6) is 1.42. The van der Waals surface area contributed by atoms with E-state index < -0.39 is 11.4 Å². The van der Waals surface area contributed by atoms with E-state index in [-0.39, 0.29) is 33.0 Å². The molecule has 0 aliphatic heterocycles. The fraction of sp³-hybridized carbons (Fsp3) is 0.806. The molecule has 0 saturated heterocycles. The molecule has 3 fully saturated rings. The minimum Gasteiger partial charge on any atom is -0.481 e. The van der Waals surface area contributed by atoms with Crippen LogP contribution in [0.4, 0.5) is 5.82 Å². The Hall–Kier alpha value is -1.78. The zero-order valence-electron chi connectivity index (χ0n) is 23.6. The average molecular weight is 494 g/mol. The van der Waals surface area contributed by atoms with E-state index in [0.29, 0.717) is 17.7 Å². The van der Waals surface area contributed by atoms with Gasteiger partial charge in [0.1, 0.15) is 5.82 Å². The van der Waals surface area contributed by atoms with E-state index in [0.717, 1.165) is 44.9 Å². The van der Waals surface area contributed by atoms with Gasteiger partial charge in [-0.1, -0.05) is 60.1 Å². The van der Waals surface area contributed by atoms with E-state index in [1.54, 1.807) is 0 Å². The molecule has 1 aromatic rings. The number of aliphatic carboxylic acids is 1. The first-order valence-corrected chi connectivity index (χ1v) is 14.4. The lowest BCUT2D eigenvalue weighted by atomic mass is 9.33. The highest BCUT2D eigenvalue weighted by atomic mass is 16.4. The van der Waals surface area contributed by atoms with Crippen LogP contribution in [0, 0.1) is 44.8 Å². The maximum atomic E-state index is 12.8. The summed E-state index contributed by atoms with van der Waals surface area (Å²) in [7, 11) is 0. The third-order valence-corrected chi connectivity index (χ3v) is 13.3. The van der Waals surface area contributed by atoms with E-state index in [2.05, 4.69) is 64.7 Å². The maximum absolute atomic E-state index is 12.8. The summed E-state index contributed by atoms with van der Waals surface area (Å²) in [4.78, 5) is 12.8. The van der Waals surface area contributed by atoms with E-state index in [4.69, 9.17) is 5.73 Å². The number of nitrogens with one attached hydrogen (secondary N) is 1. The van der Waals surface area contributed by atoms with E-state index in [1.807, 2.05) is 0 Å². The number of carboxylic acid groups (broad SMARTS) is 1. The molecule has 0 aromatic carbocycles. The molecule has 3 saturated carbocycles. The summed E-state index contributed by atoms with van der Waals surface area (Å²) in [6, 6.07) is 0. The highest BCUT2D eigenvalue weighted by molar-refractivity contribution is 5.76. The molecule has 1 aromatic heterocycles. The van der Waals surface area contributed by atoms with Crippen LogP contribution in [0.15, 0.2) is 11.6 Å². The Labute approximate surface area is 217 Å².